The van der Waals surface area contributed by atoms with Gasteiger partial charge in [-0.05, 0) is 53.2 Å². The van der Waals surface area contributed by atoms with Gasteiger partial charge < -0.3 is 4.43 Å². The van der Waals surface area contributed by atoms with E-state index in [0.717, 1.165) is 3.39 Å². The minimum atomic E-state index is -2.42. The van der Waals surface area contributed by atoms with Crippen molar-refractivity contribution in [2.45, 2.75) is 32.7 Å². The van der Waals surface area contributed by atoms with E-state index in [2.05, 4.69) is 126 Å². The fraction of sp³-hybridized carbons (Fsp3) is 0.333. The topological polar surface area (TPSA) is 9.23 Å². The number of halogens is 2. The van der Waals surface area contributed by atoms with Crippen LogP contribution in [0.4, 0.5) is 0 Å². The van der Waals surface area contributed by atoms with Gasteiger partial charge in [-0.3, -0.25) is 0 Å². The van der Waals surface area contributed by atoms with Crippen molar-refractivity contribution in [2.75, 3.05) is 6.61 Å². The van der Waals surface area contributed by atoms with Crippen LogP contribution in [0.1, 0.15) is 27.7 Å². The van der Waals surface area contributed by atoms with Crippen LogP contribution in [0, 0.1) is 5.92 Å². The highest BCUT2D eigenvalue weighted by Gasteiger charge is 2.50. The molecule has 0 aliphatic carbocycles. The summed E-state index contributed by atoms with van der Waals surface area (Å²) in [6, 6.07) is 21.5. The molecular weight excluding hydrogens is 456 g/mol. The second kappa shape index (κ2) is 8.80. The van der Waals surface area contributed by atoms with E-state index in [1.807, 2.05) is 0 Å². The van der Waals surface area contributed by atoms with E-state index in [4.69, 9.17) is 4.43 Å². The lowest BCUT2D eigenvalue weighted by Crippen LogP contribution is -2.66. The summed E-state index contributed by atoms with van der Waals surface area (Å²) in [5.74, 6) is 0.315. The Kier molecular flexibility index (Phi) is 7.26. The Morgan fingerprint density at radius 3 is 1.76 bits per heavy atom. The molecule has 1 nitrogen and oxygen atoms in total. The van der Waals surface area contributed by atoms with E-state index in [-0.39, 0.29) is 5.04 Å². The number of rotatable bonds is 6. The molecular formula is C21H26Br2OSi. The van der Waals surface area contributed by atoms with Gasteiger partial charge in [0.25, 0.3) is 8.32 Å². The molecule has 0 bridgehead atoms. The molecule has 1 atom stereocenters. The fourth-order valence-electron chi connectivity index (χ4n) is 3.28. The van der Waals surface area contributed by atoms with Gasteiger partial charge in [0.15, 0.2) is 0 Å². The van der Waals surface area contributed by atoms with Crippen LogP contribution >= 0.6 is 31.9 Å². The van der Waals surface area contributed by atoms with Gasteiger partial charge >= 0.3 is 0 Å². The summed E-state index contributed by atoms with van der Waals surface area (Å²) >= 11 is 6.92. The van der Waals surface area contributed by atoms with Gasteiger partial charge in [-0.1, -0.05) is 94.4 Å². The van der Waals surface area contributed by atoms with Crippen molar-refractivity contribution in [3.8, 4) is 0 Å². The smallest absolute Gasteiger partial charge is 0.261 e. The van der Waals surface area contributed by atoms with Crippen LogP contribution in [0.2, 0.25) is 5.04 Å². The first-order chi connectivity index (χ1) is 11.8. The lowest BCUT2D eigenvalue weighted by Gasteiger charge is -2.43. The van der Waals surface area contributed by atoms with E-state index >= 15 is 0 Å². The Bertz CT molecular complexity index is 649. The Morgan fingerprint density at radius 2 is 1.40 bits per heavy atom. The predicted octanol–water partition coefficient (Wildman–Crippen LogP) is 5.83. The van der Waals surface area contributed by atoms with Gasteiger partial charge in [0.1, 0.15) is 0 Å². The monoisotopic (exact) mass is 480 g/mol. The minimum Gasteiger partial charge on any atom is -0.407 e. The van der Waals surface area contributed by atoms with Crippen molar-refractivity contribution in [1.29, 1.82) is 0 Å². The zero-order chi connectivity index (χ0) is 18.5. The first-order valence-electron chi connectivity index (χ1n) is 8.55. The number of benzene rings is 2. The number of hydrogen-bond donors (Lipinski definition) is 0. The molecule has 25 heavy (non-hydrogen) atoms. The molecule has 0 saturated heterocycles. The molecule has 134 valence electrons. The fourth-order valence-corrected chi connectivity index (χ4v) is 8.85. The quantitative estimate of drug-likeness (QED) is 0.471. The van der Waals surface area contributed by atoms with Crippen molar-refractivity contribution in [3.05, 3.63) is 70.1 Å². The number of hydrogen-bond acceptors (Lipinski definition) is 1. The Morgan fingerprint density at radius 1 is 0.960 bits per heavy atom. The molecule has 0 aliphatic heterocycles. The summed E-state index contributed by atoms with van der Waals surface area (Å²) in [7, 11) is -2.42. The maximum atomic E-state index is 6.88. The van der Waals surface area contributed by atoms with Crippen molar-refractivity contribution < 1.29 is 4.43 Å². The Labute approximate surface area is 169 Å². The second-order valence-electron chi connectivity index (χ2n) is 7.41. The first-order valence-corrected chi connectivity index (χ1v) is 12.0. The Balaban J connectivity index is 2.55. The third kappa shape index (κ3) is 4.94. The van der Waals surface area contributed by atoms with Gasteiger partial charge in [-0.25, -0.2) is 0 Å². The summed E-state index contributed by atoms with van der Waals surface area (Å²) in [6.45, 7) is 9.79. The maximum absolute atomic E-state index is 6.88. The predicted molar refractivity (Wildman–Crippen MR) is 119 cm³/mol. The van der Waals surface area contributed by atoms with E-state index in [9.17, 15) is 0 Å². The lowest BCUT2D eigenvalue weighted by molar-refractivity contribution is 0.268. The third-order valence-corrected chi connectivity index (χ3v) is 9.92. The third-order valence-electron chi connectivity index (χ3n) is 4.39. The summed E-state index contributed by atoms with van der Waals surface area (Å²) in [6.07, 6.45) is 2.14. The standard InChI is InChI=1S/C21H26Br2OSi/c1-17(15-20(22)23)16-24-25(21(2,3)4,18-11-7-5-8-12-18)19-13-9-6-10-14-19/h5-15,17H,16H2,1-4H3/t17-/m1/s1. The molecule has 0 fully saturated rings. The Hall–Kier alpha value is -0.683. The summed E-state index contributed by atoms with van der Waals surface area (Å²) in [4.78, 5) is 0. The SMILES string of the molecule is C[C@H](C=C(Br)Br)CO[Si](c1ccccc1)(c1ccccc1)C(C)(C)C. The highest BCUT2D eigenvalue weighted by atomic mass is 79.9. The van der Waals surface area contributed by atoms with Crippen LogP contribution in [0.3, 0.4) is 0 Å². The molecule has 0 aromatic heterocycles. The largest absolute Gasteiger partial charge is 0.407 e. The van der Waals surface area contributed by atoms with Crippen LogP contribution in [0.15, 0.2) is 70.1 Å². The molecule has 0 saturated carbocycles. The zero-order valence-corrected chi connectivity index (χ0v) is 19.5. The molecule has 0 heterocycles. The van der Waals surface area contributed by atoms with Crippen molar-refractivity contribution in [2.24, 2.45) is 5.92 Å². The van der Waals surface area contributed by atoms with E-state index in [1.54, 1.807) is 0 Å². The van der Waals surface area contributed by atoms with Gasteiger partial charge in [-0.2, -0.15) is 0 Å². The first kappa shape index (κ1) is 20.6. The maximum Gasteiger partial charge on any atom is 0.261 e. The van der Waals surface area contributed by atoms with E-state index in [0.29, 0.717) is 12.5 Å². The summed E-state index contributed by atoms with van der Waals surface area (Å²) in [5.41, 5.74) is 0. The minimum absolute atomic E-state index is 0.0186. The highest BCUT2D eigenvalue weighted by Crippen LogP contribution is 2.37. The molecule has 2 rings (SSSR count). The highest BCUT2D eigenvalue weighted by molar-refractivity contribution is 9.28. The van der Waals surface area contributed by atoms with Crippen LogP contribution in [-0.2, 0) is 4.43 Å². The van der Waals surface area contributed by atoms with Crippen LogP contribution in [0.5, 0.6) is 0 Å². The van der Waals surface area contributed by atoms with Crippen LogP contribution in [-0.4, -0.2) is 14.9 Å². The van der Waals surface area contributed by atoms with E-state index < -0.39 is 8.32 Å². The van der Waals surface area contributed by atoms with Crippen molar-refractivity contribution >= 4 is 50.6 Å². The average Bonchev–Trinajstić information content (AvgIpc) is 2.55. The van der Waals surface area contributed by atoms with Gasteiger partial charge in [0.2, 0.25) is 0 Å². The zero-order valence-electron chi connectivity index (χ0n) is 15.3. The summed E-state index contributed by atoms with van der Waals surface area (Å²) < 4.78 is 7.85. The molecule has 0 aliphatic rings. The van der Waals surface area contributed by atoms with Gasteiger partial charge in [-0.15, -0.1) is 0 Å². The van der Waals surface area contributed by atoms with Crippen molar-refractivity contribution in [3.63, 3.8) is 0 Å². The molecule has 0 N–H and O–H groups in total. The molecule has 0 unspecified atom stereocenters. The van der Waals surface area contributed by atoms with Gasteiger partial charge in [0.05, 0.1) is 3.39 Å². The lowest BCUT2D eigenvalue weighted by atomic mass is 10.2. The van der Waals surface area contributed by atoms with Crippen LogP contribution < -0.4 is 10.4 Å². The molecule has 2 aromatic carbocycles. The molecule has 2 aromatic rings. The van der Waals surface area contributed by atoms with E-state index in [1.165, 1.54) is 10.4 Å². The normalized spacial score (nSPS) is 13.4. The summed E-state index contributed by atoms with van der Waals surface area (Å²) in [5, 5.41) is 2.66. The average molecular weight is 482 g/mol. The second-order valence-corrected chi connectivity index (χ2v) is 14.5. The van der Waals surface area contributed by atoms with Crippen molar-refractivity contribution in [1.82, 2.24) is 0 Å². The van der Waals surface area contributed by atoms with Crippen LogP contribution in [0.25, 0.3) is 0 Å². The molecule has 0 spiro atoms. The molecule has 4 heteroatoms. The van der Waals surface area contributed by atoms with Gasteiger partial charge in [0, 0.05) is 6.61 Å². The molecule has 0 radical (unpaired) electrons. The molecule has 0 amide bonds.